The van der Waals surface area contributed by atoms with Crippen LogP contribution in [0.1, 0.15) is 31.9 Å². The maximum Gasteiger partial charge on any atom is 0.244 e. The van der Waals surface area contributed by atoms with Crippen molar-refractivity contribution in [2.45, 2.75) is 46.3 Å². The fourth-order valence-corrected chi connectivity index (χ4v) is 4.47. The van der Waals surface area contributed by atoms with Gasteiger partial charge in [-0.3, -0.25) is 13.9 Å². The molecule has 1 atom stereocenters. The van der Waals surface area contributed by atoms with Crippen LogP contribution in [0.15, 0.2) is 53.0 Å². The minimum atomic E-state index is -3.74. The smallest absolute Gasteiger partial charge is 0.244 e. The van der Waals surface area contributed by atoms with Gasteiger partial charge in [0.1, 0.15) is 12.6 Å². The molecule has 9 heteroatoms. The Bertz CT molecular complexity index is 1070. The quantitative estimate of drug-likeness (QED) is 0.545. The number of amides is 2. The molecule has 2 aromatic rings. The molecule has 7 nitrogen and oxygen atoms in total. The number of anilines is 1. The average molecular weight is 524 g/mol. The minimum absolute atomic E-state index is 0.0879. The average Bonchev–Trinajstić information content (AvgIpc) is 2.68. The van der Waals surface area contributed by atoms with Crippen molar-refractivity contribution >= 4 is 43.5 Å². The van der Waals surface area contributed by atoms with Crippen LogP contribution in [0.25, 0.3) is 0 Å². The number of carbonyl (C=O) groups excluding carboxylic acids is 2. The van der Waals surface area contributed by atoms with E-state index in [0.29, 0.717) is 10.2 Å². The Hall–Kier alpha value is -2.39. The third-order valence-electron chi connectivity index (χ3n) is 4.81. The minimum Gasteiger partial charge on any atom is -0.352 e. The van der Waals surface area contributed by atoms with E-state index in [1.54, 1.807) is 31.2 Å². The highest BCUT2D eigenvalue weighted by atomic mass is 79.9. The van der Waals surface area contributed by atoms with E-state index in [9.17, 15) is 18.0 Å². The van der Waals surface area contributed by atoms with Gasteiger partial charge in [-0.1, -0.05) is 51.8 Å². The second-order valence-electron chi connectivity index (χ2n) is 8.10. The SMILES string of the molecule is Cc1cccc(CN(C(=O)CN(c2cccc(Br)c2)S(C)(=O)=O)[C@H](C)C(=O)NC(C)C)c1. The van der Waals surface area contributed by atoms with E-state index in [1.807, 2.05) is 45.0 Å². The molecule has 0 unspecified atom stereocenters. The van der Waals surface area contributed by atoms with E-state index in [4.69, 9.17) is 0 Å². The summed E-state index contributed by atoms with van der Waals surface area (Å²) in [6.45, 7) is 7.05. The van der Waals surface area contributed by atoms with Gasteiger partial charge in [-0.2, -0.15) is 0 Å². The lowest BCUT2D eigenvalue weighted by Gasteiger charge is -2.32. The highest BCUT2D eigenvalue weighted by molar-refractivity contribution is 9.10. The number of halogens is 1. The third kappa shape index (κ3) is 7.34. The van der Waals surface area contributed by atoms with Crippen LogP contribution >= 0.6 is 15.9 Å². The summed E-state index contributed by atoms with van der Waals surface area (Å²) in [7, 11) is -3.74. The van der Waals surface area contributed by atoms with Crippen LogP contribution in [0.3, 0.4) is 0 Å². The summed E-state index contributed by atoms with van der Waals surface area (Å²) in [6, 6.07) is 13.5. The molecule has 32 heavy (non-hydrogen) atoms. The second-order valence-corrected chi connectivity index (χ2v) is 10.9. The lowest BCUT2D eigenvalue weighted by atomic mass is 10.1. The molecule has 0 heterocycles. The number of carbonyl (C=O) groups is 2. The van der Waals surface area contributed by atoms with E-state index in [2.05, 4.69) is 21.2 Å². The molecule has 0 aliphatic carbocycles. The third-order valence-corrected chi connectivity index (χ3v) is 6.44. The molecule has 2 amide bonds. The van der Waals surface area contributed by atoms with Crippen LogP contribution in [0.2, 0.25) is 0 Å². The number of nitrogens with zero attached hydrogens (tertiary/aromatic N) is 2. The molecule has 0 radical (unpaired) electrons. The van der Waals surface area contributed by atoms with Crippen molar-refractivity contribution in [2.24, 2.45) is 0 Å². The Labute approximate surface area is 199 Å². The molecule has 0 aliphatic rings. The van der Waals surface area contributed by atoms with E-state index in [1.165, 1.54) is 4.90 Å². The van der Waals surface area contributed by atoms with Gasteiger partial charge < -0.3 is 10.2 Å². The first-order chi connectivity index (χ1) is 14.9. The van der Waals surface area contributed by atoms with Gasteiger partial charge in [0.05, 0.1) is 11.9 Å². The van der Waals surface area contributed by atoms with Crippen LogP contribution in [0.4, 0.5) is 5.69 Å². The number of nitrogens with one attached hydrogen (secondary N) is 1. The predicted molar refractivity (Wildman–Crippen MR) is 131 cm³/mol. The summed E-state index contributed by atoms with van der Waals surface area (Å²) in [5.41, 5.74) is 2.25. The Morgan fingerprint density at radius 3 is 2.28 bits per heavy atom. The summed E-state index contributed by atoms with van der Waals surface area (Å²) in [5.74, 6) is -0.766. The highest BCUT2D eigenvalue weighted by Gasteiger charge is 2.30. The summed E-state index contributed by atoms with van der Waals surface area (Å²) in [5, 5.41) is 2.83. The molecular formula is C23H30BrN3O4S. The van der Waals surface area contributed by atoms with E-state index in [-0.39, 0.29) is 18.5 Å². The molecule has 1 N–H and O–H groups in total. The maximum absolute atomic E-state index is 13.4. The molecule has 0 spiro atoms. The first kappa shape index (κ1) is 25.9. The second kappa shape index (κ2) is 11.0. The van der Waals surface area contributed by atoms with Crippen molar-refractivity contribution in [1.29, 1.82) is 0 Å². The number of rotatable bonds is 9. The lowest BCUT2D eigenvalue weighted by Crippen LogP contribution is -2.52. The van der Waals surface area contributed by atoms with E-state index in [0.717, 1.165) is 21.7 Å². The zero-order chi connectivity index (χ0) is 24.1. The number of sulfonamides is 1. The van der Waals surface area contributed by atoms with Gasteiger partial charge in [0.15, 0.2) is 0 Å². The fraction of sp³-hybridized carbons (Fsp3) is 0.391. The molecule has 0 saturated carbocycles. The molecular weight excluding hydrogens is 494 g/mol. The number of hydrogen-bond acceptors (Lipinski definition) is 4. The highest BCUT2D eigenvalue weighted by Crippen LogP contribution is 2.23. The topological polar surface area (TPSA) is 86.8 Å². The van der Waals surface area contributed by atoms with Crippen molar-refractivity contribution in [2.75, 3.05) is 17.1 Å². The van der Waals surface area contributed by atoms with Crippen molar-refractivity contribution in [3.8, 4) is 0 Å². The first-order valence-corrected chi connectivity index (χ1v) is 12.9. The van der Waals surface area contributed by atoms with Crippen LogP contribution in [0, 0.1) is 6.92 Å². The van der Waals surface area contributed by atoms with Gasteiger partial charge in [-0.05, 0) is 51.5 Å². The van der Waals surface area contributed by atoms with Gasteiger partial charge in [0.25, 0.3) is 0 Å². The summed E-state index contributed by atoms with van der Waals surface area (Å²) < 4.78 is 26.8. The maximum atomic E-state index is 13.4. The molecule has 174 valence electrons. The summed E-state index contributed by atoms with van der Waals surface area (Å²) in [6.07, 6.45) is 1.06. The Morgan fingerprint density at radius 2 is 1.72 bits per heavy atom. The van der Waals surface area contributed by atoms with Gasteiger partial charge in [0.2, 0.25) is 21.8 Å². The molecule has 2 rings (SSSR count). The Balaban J connectivity index is 2.39. The van der Waals surface area contributed by atoms with E-state index >= 15 is 0 Å². The molecule has 0 fully saturated rings. The lowest BCUT2D eigenvalue weighted by molar-refractivity contribution is -0.139. The van der Waals surface area contributed by atoms with Crippen LogP contribution in [0.5, 0.6) is 0 Å². The van der Waals surface area contributed by atoms with Gasteiger partial charge in [0, 0.05) is 17.1 Å². The Morgan fingerprint density at radius 1 is 1.06 bits per heavy atom. The van der Waals surface area contributed by atoms with Crippen molar-refractivity contribution in [1.82, 2.24) is 10.2 Å². The molecule has 0 bridgehead atoms. The van der Waals surface area contributed by atoms with Gasteiger partial charge in [-0.15, -0.1) is 0 Å². The molecule has 0 aromatic heterocycles. The number of aryl methyl sites for hydroxylation is 1. The Kier molecular flexibility index (Phi) is 8.86. The zero-order valence-corrected chi connectivity index (χ0v) is 21.4. The predicted octanol–water partition coefficient (Wildman–Crippen LogP) is 3.47. The number of hydrogen-bond donors (Lipinski definition) is 1. The van der Waals surface area contributed by atoms with Gasteiger partial charge in [-0.25, -0.2) is 8.42 Å². The number of benzene rings is 2. The van der Waals surface area contributed by atoms with Crippen molar-refractivity contribution < 1.29 is 18.0 Å². The monoisotopic (exact) mass is 523 g/mol. The van der Waals surface area contributed by atoms with Crippen LogP contribution in [-0.2, 0) is 26.2 Å². The first-order valence-electron chi connectivity index (χ1n) is 10.3. The summed E-state index contributed by atoms with van der Waals surface area (Å²) >= 11 is 3.34. The van der Waals surface area contributed by atoms with Crippen molar-refractivity contribution in [3.05, 3.63) is 64.1 Å². The fourth-order valence-electron chi connectivity index (χ4n) is 3.24. The van der Waals surface area contributed by atoms with Crippen molar-refractivity contribution in [3.63, 3.8) is 0 Å². The van der Waals surface area contributed by atoms with Gasteiger partial charge >= 0.3 is 0 Å². The molecule has 0 aliphatic heterocycles. The molecule has 0 saturated heterocycles. The zero-order valence-electron chi connectivity index (χ0n) is 19.0. The standard InChI is InChI=1S/C23H30BrN3O4S/c1-16(2)25-23(29)18(4)26(14-19-9-6-8-17(3)12-19)22(28)15-27(32(5,30)31)21-11-7-10-20(24)13-21/h6-13,16,18H,14-15H2,1-5H3,(H,25,29)/t18-/m1/s1. The van der Waals surface area contributed by atoms with E-state index < -0.39 is 28.5 Å². The largest absolute Gasteiger partial charge is 0.352 e. The van der Waals surface area contributed by atoms with Crippen LogP contribution in [-0.4, -0.2) is 50.0 Å². The van der Waals surface area contributed by atoms with Crippen LogP contribution < -0.4 is 9.62 Å². The normalized spacial score (nSPS) is 12.3. The summed E-state index contributed by atoms with van der Waals surface area (Å²) in [4.78, 5) is 27.5. The molecule has 2 aromatic carbocycles.